The molecular formula is C10H15N3O4. The van der Waals surface area contributed by atoms with Crippen molar-refractivity contribution in [2.24, 2.45) is 0 Å². The van der Waals surface area contributed by atoms with Gasteiger partial charge >= 0.3 is 5.97 Å². The molecule has 0 aliphatic heterocycles. The molecule has 0 bridgehead atoms. The van der Waals surface area contributed by atoms with E-state index in [0.717, 1.165) is 0 Å². The first-order valence-corrected chi connectivity index (χ1v) is 5.16. The van der Waals surface area contributed by atoms with E-state index in [4.69, 9.17) is 9.84 Å². The minimum atomic E-state index is -0.983. The second-order valence-corrected chi connectivity index (χ2v) is 3.47. The molecule has 7 nitrogen and oxygen atoms in total. The van der Waals surface area contributed by atoms with Crippen molar-refractivity contribution in [3.63, 3.8) is 0 Å². The van der Waals surface area contributed by atoms with Crippen LogP contribution < -0.4 is 10.9 Å². The van der Waals surface area contributed by atoms with E-state index in [9.17, 15) is 9.59 Å². The molecule has 3 N–H and O–H groups in total. The molecule has 0 saturated carbocycles. The van der Waals surface area contributed by atoms with Gasteiger partial charge in [0.15, 0.2) is 0 Å². The smallest absolute Gasteiger partial charge is 0.326 e. The number of aromatic nitrogens is 2. The van der Waals surface area contributed by atoms with Crippen molar-refractivity contribution in [2.75, 3.05) is 19.0 Å². The zero-order valence-corrected chi connectivity index (χ0v) is 9.47. The number of aromatic amines is 1. The minimum absolute atomic E-state index is 0.249. The van der Waals surface area contributed by atoms with E-state index in [1.54, 1.807) is 7.11 Å². The van der Waals surface area contributed by atoms with Gasteiger partial charge in [0.1, 0.15) is 11.9 Å². The van der Waals surface area contributed by atoms with Crippen LogP contribution in [0.15, 0.2) is 17.2 Å². The molecule has 1 atom stereocenters. The quantitative estimate of drug-likeness (QED) is 0.583. The highest BCUT2D eigenvalue weighted by atomic mass is 16.5. The van der Waals surface area contributed by atoms with Gasteiger partial charge in [-0.1, -0.05) is 0 Å². The van der Waals surface area contributed by atoms with Crippen molar-refractivity contribution in [1.29, 1.82) is 0 Å². The number of hydrogen-bond donors (Lipinski definition) is 3. The SMILES string of the molecule is COCCCC(Nc1cc(=O)[nH]cn1)C(=O)O. The fourth-order valence-corrected chi connectivity index (χ4v) is 1.32. The Bertz CT molecular complexity index is 418. The first-order chi connectivity index (χ1) is 8.13. The van der Waals surface area contributed by atoms with Crippen LogP contribution in [-0.2, 0) is 9.53 Å². The normalized spacial score (nSPS) is 12.1. The average Bonchev–Trinajstić information content (AvgIpc) is 2.28. The van der Waals surface area contributed by atoms with Crippen molar-refractivity contribution in [3.8, 4) is 0 Å². The number of ether oxygens (including phenoxy) is 1. The number of nitrogens with zero attached hydrogens (tertiary/aromatic N) is 1. The van der Waals surface area contributed by atoms with E-state index in [2.05, 4.69) is 15.3 Å². The molecule has 1 rings (SSSR count). The predicted molar refractivity (Wildman–Crippen MR) is 61.0 cm³/mol. The van der Waals surface area contributed by atoms with Gasteiger partial charge in [0, 0.05) is 19.8 Å². The zero-order valence-electron chi connectivity index (χ0n) is 9.47. The average molecular weight is 241 g/mol. The number of H-pyrrole nitrogens is 1. The van der Waals surface area contributed by atoms with Crippen molar-refractivity contribution in [1.82, 2.24) is 9.97 Å². The number of rotatable bonds is 7. The van der Waals surface area contributed by atoms with Crippen LogP contribution in [0.2, 0.25) is 0 Å². The Balaban J connectivity index is 2.60. The van der Waals surface area contributed by atoms with Crippen LogP contribution in [0.4, 0.5) is 5.82 Å². The Morgan fingerprint density at radius 1 is 1.71 bits per heavy atom. The molecule has 0 aliphatic carbocycles. The van der Waals surface area contributed by atoms with E-state index >= 15 is 0 Å². The summed E-state index contributed by atoms with van der Waals surface area (Å²) in [6.07, 6.45) is 2.24. The monoisotopic (exact) mass is 241 g/mol. The van der Waals surface area contributed by atoms with Crippen molar-refractivity contribution in [3.05, 3.63) is 22.7 Å². The van der Waals surface area contributed by atoms with E-state index in [1.165, 1.54) is 12.4 Å². The highest BCUT2D eigenvalue weighted by Crippen LogP contribution is 2.05. The van der Waals surface area contributed by atoms with Crippen LogP contribution in [0.3, 0.4) is 0 Å². The Kier molecular flexibility index (Phi) is 5.15. The molecule has 0 radical (unpaired) electrons. The lowest BCUT2D eigenvalue weighted by Gasteiger charge is -2.14. The molecular weight excluding hydrogens is 226 g/mol. The van der Waals surface area contributed by atoms with Crippen LogP contribution in [0.5, 0.6) is 0 Å². The van der Waals surface area contributed by atoms with E-state index in [1.807, 2.05) is 0 Å². The lowest BCUT2D eigenvalue weighted by molar-refractivity contribution is -0.138. The molecule has 0 spiro atoms. The van der Waals surface area contributed by atoms with Gasteiger partial charge in [0.05, 0.1) is 6.33 Å². The second-order valence-electron chi connectivity index (χ2n) is 3.47. The highest BCUT2D eigenvalue weighted by Gasteiger charge is 2.17. The molecule has 1 unspecified atom stereocenters. The topological polar surface area (TPSA) is 104 Å². The largest absolute Gasteiger partial charge is 0.480 e. The number of methoxy groups -OCH3 is 1. The van der Waals surface area contributed by atoms with E-state index in [-0.39, 0.29) is 11.4 Å². The fourth-order valence-electron chi connectivity index (χ4n) is 1.32. The number of nitrogens with one attached hydrogen (secondary N) is 2. The highest BCUT2D eigenvalue weighted by molar-refractivity contribution is 5.76. The lowest BCUT2D eigenvalue weighted by Crippen LogP contribution is -2.30. The molecule has 1 aromatic rings. The molecule has 7 heteroatoms. The Morgan fingerprint density at radius 2 is 2.47 bits per heavy atom. The maximum Gasteiger partial charge on any atom is 0.326 e. The van der Waals surface area contributed by atoms with Crippen LogP contribution in [0, 0.1) is 0 Å². The van der Waals surface area contributed by atoms with Gasteiger partial charge in [-0.05, 0) is 12.8 Å². The standard InChI is InChI=1S/C10H15N3O4/c1-17-4-2-3-7(10(15)16)13-8-5-9(14)12-6-11-8/h5-7H,2-4H2,1H3,(H,15,16)(H2,11,12,13,14). The zero-order chi connectivity index (χ0) is 12.7. The molecule has 0 amide bonds. The fraction of sp³-hybridized carbons (Fsp3) is 0.500. The maximum absolute atomic E-state index is 11.0. The lowest BCUT2D eigenvalue weighted by atomic mass is 10.1. The summed E-state index contributed by atoms with van der Waals surface area (Å²) in [5, 5.41) is 11.7. The Labute approximate surface area is 97.8 Å². The third-order valence-corrected chi connectivity index (χ3v) is 2.14. The molecule has 17 heavy (non-hydrogen) atoms. The number of anilines is 1. The van der Waals surface area contributed by atoms with Gasteiger partial charge in [-0.3, -0.25) is 4.79 Å². The molecule has 0 aliphatic rings. The van der Waals surface area contributed by atoms with Crippen molar-refractivity contribution >= 4 is 11.8 Å². The molecule has 1 heterocycles. The summed E-state index contributed by atoms with van der Waals surface area (Å²) in [6.45, 7) is 0.494. The third kappa shape index (κ3) is 4.64. The maximum atomic E-state index is 11.0. The van der Waals surface area contributed by atoms with Gasteiger partial charge in [-0.15, -0.1) is 0 Å². The van der Waals surface area contributed by atoms with Crippen molar-refractivity contribution in [2.45, 2.75) is 18.9 Å². The number of hydrogen-bond acceptors (Lipinski definition) is 5. The van der Waals surface area contributed by atoms with Gasteiger partial charge in [-0.2, -0.15) is 0 Å². The molecule has 1 aromatic heterocycles. The number of carboxylic acid groups (broad SMARTS) is 1. The molecule has 94 valence electrons. The van der Waals surface area contributed by atoms with Crippen LogP contribution in [0.1, 0.15) is 12.8 Å². The van der Waals surface area contributed by atoms with Gasteiger partial charge in [0.2, 0.25) is 0 Å². The van der Waals surface area contributed by atoms with Gasteiger partial charge in [0.25, 0.3) is 5.56 Å². The van der Waals surface area contributed by atoms with Crippen molar-refractivity contribution < 1.29 is 14.6 Å². The first kappa shape index (κ1) is 13.2. The molecule has 0 saturated heterocycles. The number of carbonyl (C=O) groups is 1. The Hall–Kier alpha value is -1.89. The minimum Gasteiger partial charge on any atom is -0.480 e. The summed E-state index contributed by atoms with van der Waals surface area (Å²) in [5.41, 5.74) is -0.330. The number of aliphatic carboxylic acids is 1. The summed E-state index contributed by atoms with van der Waals surface area (Å²) in [5.74, 6) is -0.734. The summed E-state index contributed by atoms with van der Waals surface area (Å²) in [6, 6.07) is 0.436. The molecule has 0 fully saturated rings. The summed E-state index contributed by atoms with van der Waals surface area (Å²) in [4.78, 5) is 28.1. The molecule has 0 aromatic carbocycles. The van der Waals surface area contributed by atoms with Crippen LogP contribution in [-0.4, -0.2) is 40.8 Å². The van der Waals surface area contributed by atoms with E-state index < -0.39 is 12.0 Å². The van der Waals surface area contributed by atoms with Crippen LogP contribution in [0.25, 0.3) is 0 Å². The summed E-state index contributed by atoms with van der Waals surface area (Å²) < 4.78 is 4.85. The van der Waals surface area contributed by atoms with Crippen LogP contribution >= 0.6 is 0 Å². The van der Waals surface area contributed by atoms with Gasteiger partial charge < -0.3 is 20.1 Å². The summed E-state index contributed by atoms with van der Waals surface area (Å²) in [7, 11) is 1.56. The Morgan fingerprint density at radius 3 is 3.06 bits per heavy atom. The van der Waals surface area contributed by atoms with Gasteiger partial charge in [-0.25, -0.2) is 9.78 Å². The third-order valence-electron chi connectivity index (χ3n) is 2.14. The first-order valence-electron chi connectivity index (χ1n) is 5.16. The second kappa shape index (κ2) is 6.64. The van der Waals surface area contributed by atoms with E-state index in [0.29, 0.717) is 19.4 Å². The summed E-state index contributed by atoms with van der Waals surface area (Å²) >= 11 is 0. The predicted octanol–water partition coefficient (Wildman–Crippen LogP) is 0.0616. The number of carboxylic acids is 1.